The molecule has 1 aromatic rings. The Hall–Kier alpha value is -0.860. The molecule has 0 spiro atoms. The summed E-state index contributed by atoms with van der Waals surface area (Å²) < 4.78 is 0. The van der Waals surface area contributed by atoms with Crippen molar-refractivity contribution in [1.29, 1.82) is 0 Å². The minimum absolute atomic E-state index is 0.589. The minimum Gasteiger partial charge on any atom is -0.316 e. The second kappa shape index (κ2) is 9.95. The van der Waals surface area contributed by atoms with Crippen LogP contribution in [0.5, 0.6) is 0 Å². The maximum Gasteiger partial charge on any atom is 0.0233 e. The summed E-state index contributed by atoms with van der Waals surface area (Å²) in [6.07, 6.45) is 2.47. The van der Waals surface area contributed by atoms with Gasteiger partial charge in [0, 0.05) is 13.1 Å². The molecule has 0 saturated carbocycles. The Morgan fingerprint density at radius 1 is 1.00 bits per heavy atom. The van der Waals surface area contributed by atoms with Gasteiger partial charge in [-0.05, 0) is 49.5 Å². The Morgan fingerprint density at radius 3 is 2.10 bits per heavy atom. The van der Waals surface area contributed by atoms with Crippen LogP contribution in [0.4, 0.5) is 0 Å². The summed E-state index contributed by atoms with van der Waals surface area (Å²) in [6, 6.07) is 9.20. The lowest BCUT2D eigenvalue weighted by Crippen LogP contribution is -2.24. The highest BCUT2D eigenvalue weighted by Crippen LogP contribution is 2.16. The highest BCUT2D eigenvalue weighted by Gasteiger charge is 2.07. The Bertz CT molecular complexity index is 339. The molecule has 0 aromatic heterocycles. The quantitative estimate of drug-likeness (QED) is 0.694. The van der Waals surface area contributed by atoms with E-state index in [-0.39, 0.29) is 0 Å². The van der Waals surface area contributed by atoms with Gasteiger partial charge >= 0.3 is 0 Å². The van der Waals surface area contributed by atoms with Gasteiger partial charge in [0.05, 0.1) is 0 Å². The van der Waals surface area contributed by atoms with Crippen molar-refractivity contribution in [3.63, 3.8) is 0 Å². The van der Waals surface area contributed by atoms with E-state index < -0.39 is 0 Å². The van der Waals surface area contributed by atoms with Crippen molar-refractivity contribution >= 4 is 0 Å². The molecule has 2 nitrogen and oxygen atoms in total. The van der Waals surface area contributed by atoms with E-state index in [2.05, 4.69) is 62.2 Å². The molecule has 0 saturated heterocycles. The molecule has 0 radical (unpaired) electrons. The van der Waals surface area contributed by atoms with E-state index in [4.69, 9.17) is 0 Å². The Kier molecular flexibility index (Phi) is 8.56. The molecule has 0 fully saturated rings. The zero-order valence-corrected chi connectivity index (χ0v) is 13.8. The summed E-state index contributed by atoms with van der Waals surface area (Å²) in [5.41, 5.74) is 2.87. The summed E-state index contributed by atoms with van der Waals surface area (Å²) in [4.78, 5) is 2.55. The Labute approximate surface area is 125 Å². The van der Waals surface area contributed by atoms with Crippen LogP contribution in [0.15, 0.2) is 24.3 Å². The fraction of sp³-hybridized carbons (Fsp3) is 0.667. The molecule has 2 heteroatoms. The van der Waals surface area contributed by atoms with Crippen molar-refractivity contribution in [1.82, 2.24) is 10.2 Å². The van der Waals surface area contributed by atoms with Gasteiger partial charge in [0.2, 0.25) is 0 Å². The number of nitrogens with one attached hydrogen (secondary N) is 1. The predicted molar refractivity (Wildman–Crippen MR) is 89.3 cm³/mol. The summed E-state index contributed by atoms with van der Waals surface area (Å²) in [7, 11) is 0. The number of hydrogen-bond acceptors (Lipinski definition) is 2. The Morgan fingerprint density at radius 2 is 1.60 bits per heavy atom. The highest BCUT2D eigenvalue weighted by molar-refractivity contribution is 5.25. The number of nitrogens with zero attached hydrogens (tertiary/aromatic N) is 1. The van der Waals surface area contributed by atoms with Crippen molar-refractivity contribution in [3.05, 3.63) is 35.4 Å². The molecule has 0 heterocycles. The second-order valence-corrected chi connectivity index (χ2v) is 5.73. The second-order valence-electron chi connectivity index (χ2n) is 5.73. The van der Waals surface area contributed by atoms with Gasteiger partial charge in [-0.3, -0.25) is 4.90 Å². The van der Waals surface area contributed by atoms with E-state index in [1.807, 2.05) is 0 Å². The maximum absolute atomic E-state index is 3.42. The van der Waals surface area contributed by atoms with Crippen LogP contribution in [-0.2, 0) is 6.54 Å². The molecular formula is C18H32N2. The summed E-state index contributed by atoms with van der Waals surface area (Å²) in [5.74, 6) is 0.589. The SMILES string of the molecule is CCCN(CCC)Cc1ccc(C(C)CNCC)cc1. The highest BCUT2D eigenvalue weighted by atomic mass is 15.1. The summed E-state index contributed by atoms with van der Waals surface area (Å²) in [5, 5.41) is 3.42. The molecule has 0 aliphatic heterocycles. The fourth-order valence-electron chi connectivity index (χ4n) is 2.59. The van der Waals surface area contributed by atoms with Gasteiger partial charge in [-0.15, -0.1) is 0 Å². The summed E-state index contributed by atoms with van der Waals surface area (Å²) in [6.45, 7) is 14.6. The van der Waals surface area contributed by atoms with Crippen molar-refractivity contribution in [2.24, 2.45) is 0 Å². The molecule has 1 aromatic carbocycles. The first-order chi connectivity index (χ1) is 9.71. The first kappa shape index (κ1) is 17.2. The van der Waals surface area contributed by atoms with Crippen LogP contribution >= 0.6 is 0 Å². The zero-order chi connectivity index (χ0) is 14.8. The number of rotatable bonds is 10. The number of benzene rings is 1. The molecule has 114 valence electrons. The van der Waals surface area contributed by atoms with E-state index in [0.29, 0.717) is 5.92 Å². The lowest BCUT2D eigenvalue weighted by atomic mass is 9.99. The maximum atomic E-state index is 3.42. The molecule has 0 aliphatic carbocycles. The van der Waals surface area contributed by atoms with Gasteiger partial charge in [0.25, 0.3) is 0 Å². The topological polar surface area (TPSA) is 15.3 Å². The minimum atomic E-state index is 0.589. The van der Waals surface area contributed by atoms with Gasteiger partial charge in [-0.2, -0.15) is 0 Å². The van der Waals surface area contributed by atoms with Crippen LogP contribution in [0.3, 0.4) is 0 Å². The molecule has 1 rings (SSSR count). The third kappa shape index (κ3) is 6.06. The van der Waals surface area contributed by atoms with Crippen LogP contribution < -0.4 is 5.32 Å². The third-order valence-electron chi connectivity index (χ3n) is 3.74. The molecule has 1 unspecified atom stereocenters. The van der Waals surface area contributed by atoms with Crippen LogP contribution in [0, 0.1) is 0 Å². The molecular weight excluding hydrogens is 244 g/mol. The van der Waals surface area contributed by atoms with E-state index >= 15 is 0 Å². The van der Waals surface area contributed by atoms with Crippen molar-refractivity contribution in [2.45, 2.75) is 53.0 Å². The van der Waals surface area contributed by atoms with Crippen LogP contribution in [0.25, 0.3) is 0 Å². The number of hydrogen-bond donors (Lipinski definition) is 1. The normalized spacial score (nSPS) is 12.8. The van der Waals surface area contributed by atoms with Crippen molar-refractivity contribution in [3.8, 4) is 0 Å². The zero-order valence-electron chi connectivity index (χ0n) is 13.8. The molecule has 1 N–H and O–H groups in total. The van der Waals surface area contributed by atoms with Gasteiger partial charge in [-0.25, -0.2) is 0 Å². The number of likely N-dealkylation sites (N-methyl/N-ethyl adjacent to an activating group) is 1. The van der Waals surface area contributed by atoms with E-state index in [9.17, 15) is 0 Å². The van der Waals surface area contributed by atoms with E-state index in [1.165, 1.54) is 37.1 Å². The first-order valence-electron chi connectivity index (χ1n) is 8.23. The molecule has 20 heavy (non-hydrogen) atoms. The monoisotopic (exact) mass is 276 g/mol. The van der Waals surface area contributed by atoms with E-state index in [1.54, 1.807) is 0 Å². The average molecular weight is 276 g/mol. The van der Waals surface area contributed by atoms with E-state index in [0.717, 1.165) is 19.6 Å². The Balaban J connectivity index is 2.56. The van der Waals surface area contributed by atoms with Gasteiger partial charge in [-0.1, -0.05) is 52.0 Å². The van der Waals surface area contributed by atoms with Crippen molar-refractivity contribution < 1.29 is 0 Å². The van der Waals surface area contributed by atoms with Crippen LogP contribution in [0.1, 0.15) is 57.6 Å². The van der Waals surface area contributed by atoms with Crippen LogP contribution in [0.2, 0.25) is 0 Å². The third-order valence-corrected chi connectivity index (χ3v) is 3.74. The lowest BCUT2D eigenvalue weighted by Gasteiger charge is -2.21. The fourth-order valence-corrected chi connectivity index (χ4v) is 2.59. The molecule has 1 atom stereocenters. The molecule has 0 amide bonds. The standard InChI is InChI=1S/C18H32N2/c1-5-12-20(13-6-2)15-17-8-10-18(11-9-17)16(4)14-19-7-3/h8-11,16,19H,5-7,12-15H2,1-4H3. The summed E-state index contributed by atoms with van der Waals surface area (Å²) >= 11 is 0. The van der Waals surface area contributed by atoms with Crippen molar-refractivity contribution in [2.75, 3.05) is 26.2 Å². The molecule has 0 aliphatic rings. The molecule has 0 bridgehead atoms. The smallest absolute Gasteiger partial charge is 0.0233 e. The first-order valence-corrected chi connectivity index (χ1v) is 8.23. The van der Waals surface area contributed by atoms with Gasteiger partial charge in [0.15, 0.2) is 0 Å². The predicted octanol–water partition coefficient (Wildman–Crippen LogP) is 4.02. The van der Waals surface area contributed by atoms with Crippen LogP contribution in [-0.4, -0.2) is 31.1 Å². The largest absolute Gasteiger partial charge is 0.316 e. The lowest BCUT2D eigenvalue weighted by molar-refractivity contribution is 0.266. The van der Waals surface area contributed by atoms with Gasteiger partial charge < -0.3 is 5.32 Å². The average Bonchev–Trinajstić information content (AvgIpc) is 2.46. The van der Waals surface area contributed by atoms with Gasteiger partial charge in [0.1, 0.15) is 0 Å².